The van der Waals surface area contributed by atoms with E-state index in [0.717, 1.165) is 12.3 Å². The highest BCUT2D eigenvalue weighted by atomic mass is 35.5. The van der Waals surface area contributed by atoms with Gasteiger partial charge in [-0.3, -0.25) is 0 Å². The van der Waals surface area contributed by atoms with Crippen molar-refractivity contribution >= 4 is 17.4 Å². The summed E-state index contributed by atoms with van der Waals surface area (Å²) in [7, 11) is 1.53. The Kier molecular flexibility index (Phi) is 4.59. The van der Waals surface area contributed by atoms with E-state index in [0.29, 0.717) is 6.61 Å². The quantitative estimate of drug-likeness (QED) is 0.911. The zero-order valence-electron chi connectivity index (χ0n) is 9.31. The van der Waals surface area contributed by atoms with Crippen LogP contribution < -0.4 is 5.32 Å². The van der Waals surface area contributed by atoms with Gasteiger partial charge in [0.1, 0.15) is 5.82 Å². The molecule has 1 unspecified atom stereocenters. The number of anilines is 1. The molecule has 0 spiro atoms. The number of nitrogens with zero attached hydrogens (tertiary/aromatic N) is 1. The number of alkyl halides is 3. The molecule has 1 heterocycles. The minimum absolute atomic E-state index is 0.0669. The number of halogens is 4. The molecule has 1 aromatic rings. The van der Waals surface area contributed by atoms with Crippen LogP contribution in [-0.2, 0) is 10.9 Å². The zero-order chi connectivity index (χ0) is 13.1. The molecule has 1 rings (SSSR count). The average molecular weight is 269 g/mol. The van der Waals surface area contributed by atoms with Crippen LogP contribution >= 0.6 is 11.6 Å². The van der Waals surface area contributed by atoms with Gasteiger partial charge in [0.2, 0.25) is 0 Å². The maximum atomic E-state index is 12.3. The minimum atomic E-state index is -4.44. The van der Waals surface area contributed by atoms with Crippen LogP contribution in [0.1, 0.15) is 12.5 Å². The van der Waals surface area contributed by atoms with Crippen LogP contribution in [0.15, 0.2) is 12.3 Å². The largest absolute Gasteiger partial charge is 0.417 e. The smallest absolute Gasteiger partial charge is 0.383 e. The Balaban J connectivity index is 2.83. The summed E-state index contributed by atoms with van der Waals surface area (Å²) in [6, 6.07) is 0.748. The van der Waals surface area contributed by atoms with Crippen LogP contribution in [0.3, 0.4) is 0 Å². The van der Waals surface area contributed by atoms with Crippen molar-refractivity contribution in [2.45, 2.75) is 19.1 Å². The van der Waals surface area contributed by atoms with Crippen molar-refractivity contribution in [3.05, 3.63) is 22.8 Å². The number of pyridine rings is 1. The SMILES string of the molecule is COCC(C)Nc1ncc(C(F)(F)F)cc1Cl. The molecule has 1 atom stereocenters. The van der Waals surface area contributed by atoms with Crippen molar-refractivity contribution in [2.75, 3.05) is 19.0 Å². The van der Waals surface area contributed by atoms with Crippen molar-refractivity contribution in [2.24, 2.45) is 0 Å². The van der Waals surface area contributed by atoms with Crippen molar-refractivity contribution < 1.29 is 17.9 Å². The molecule has 0 aliphatic rings. The number of aromatic nitrogens is 1. The summed E-state index contributed by atoms with van der Waals surface area (Å²) in [5, 5.41) is 2.79. The molecule has 7 heteroatoms. The summed E-state index contributed by atoms with van der Waals surface area (Å²) in [5.74, 6) is 0.212. The van der Waals surface area contributed by atoms with E-state index in [4.69, 9.17) is 16.3 Å². The predicted molar refractivity (Wildman–Crippen MR) is 59.2 cm³/mol. The Labute approximate surface area is 102 Å². The number of hydrogen-bond donors (Lipinski definition) is 1. The molecule has 0 aliphatic carbocycles. The molecule has 3 nitrogen and oxygen atoms in total. The summed E-state index contributed by atoms with van der Waals surface area (Å²) in [4.78, 5) is 3.65. The van der Waals surface area contributed by atoms with E-state index < -0.39 is 11.7 Å². The van der Waals surface area contributed by atoms with Gasteiger partial charge in [-0.2, -0.15) is 13.2 Å². The predicted octanol–water partition coefficient (Wildman–Crippen LogP) is 3.20. The minimum Gasteiger partial charge on any atom is -0.383 e. The average Bonchev–Trinajstić information content (AvgIpc) is 2.20. The van der Waals surface area contributed by atoms with Gasteiger partial charge >= 0.3 is 6.18 Å². The normalized spacial score (nSPS) is 13.5. The number of ether oxygens (including phenoxy) is 1. The van der Waals surface area contributed by atoms with Crippen LogP contribution in [0.4, 0.5) is 19.0 Å². The molecule has 1 aromatic heterocycles. The summed E-state index contributed by atoms with van der Waals surface area (Å²) in [5.41, 5.74) is -0.868. The first-order valence-corrected chi connectivity index (χ1v) is 5.20. The van der Waals surface area contributed by atoms with Crippen molar-refractivity contribution in [1.29, 1.82) is 0 Å². The van der Waals surface area contributed by atoms with E-state index >= 15 is 0 Å². The number of hydrogen-bond acceptors (Lipinski definition) is 3. The molecule has 0 amide bonds. The standard InChI is InChI=1S/C10H12ClF3N2O/c1-6(5-17-2)16-9-8(11)3-7(4-15-9)10(12,13)14/h3-4,6H,5H2,1-2H3,(H,15,16). The highest BCUT2D eigenvalue weighted by Gasteiger charge is 2.31. The lowest BCUT2D eigenvalue weighted by atomic mass is 10.2. The maximum Gasteiger partial charge on any atom is 0.417 e. The fourth-order valence-corrected chi connectivity index (χ4v) is 1.45. The summed E-state index contributed by atoms with van der Waals surface area (Å²) in [6.07, 6.45) is -3.69. The van der Waals surface area contributed by atoms with E-state index in [1.807, 2.05) is 0 Å². The fraction of sp³-hybridized carbons (Fsp3) is 0.500. The topological polar surface area (TPSA) is 34.1 Å². The van der Waals surface area contributed by atoms with Gasteiger partial charge in [-0.25, -0.2) is 4.98 Å². The Morgan fingerprint density at radius 2 is 2.18 bits per heavy atom. The second-order valence-electron chi connectivity index (χ2n) is 3.55. The van der Waals surface area contributed by atoms with Gasteiger partial charge in [0.15, 0.2) is 0 Å². The van der Waals surface area contributed by atoms with Crippen molar-refractivity contribution in [3.8, 4) is 0 Å². The number of methoxy groups -OCH3 is 1. The molecule has 0 aromatic carbocycles. The van der Waals surface area contributed by atoms with Crippen LogP contribution in [0, 0.1) is 0 Å². The highest BCUT2D eigenvalue weighted by Crippen LogP contribution is 2.32. The molecule has 17 heavy (non-hydrogen) atoms. The molecular formula is C10H12ClF3N2O. The molecular weight excluding hydrogens is 257 g/mol. The Morgan fingerprint density at radius 1 is 1.53 bits per heavy atom. The summed E-state index contributed by atoms with van der Waals surface area (Å²) < 4.78 is 41.9. The van der Waals surface area contributed by atoms with Gasteiger partial charge < -0.3 is 10.1 Å². The summed E-state index contributed by atoms with van der Waals surface area (Å²) >= 11 is 5.71. The zero-order valence-corrected chi connectivity index (χ0v) is 10.1. The molecule has 96 valence electrons. The van der Waals surface area contributed by atoms with Crippen LogP contribution in [0.25, 0.3) is 0 Å². The second kappa shape index (κ2) is 5.55. The Morgan fingerprint density at radius 3 is 2.65 bits per heavy atom. The van der Waals surface area contributed by atoms with Crippen LogP contribution in [0.2, 0.25) is 5.02 Å². The van der Waals surface area contributed by atoms with Gasteiger partial charge in [0, 0.05) is 19.3 Å². The molecule has 0 aliphatic heterocycles. The molecule has 0 saturated carbocycles. The van der Waals surface area contributed by atoms with E-state index in [9.17, 15) is 13.2 Å². The van der Waals surface area contributed by atoms with Gasteiger partial charge in [-0.1, -0.05) is 11.6 Å². The van der Waals surface area contributed by atoms with Gasteiger partial charge in [0.05, 0.1) is 17.2 Å². The van der Waals surface area contributed by atoms with E-state index in [1.54, 1.807) is 6.92 Å². The van der Waals surface area contributed by atoms with E-state index in [2.05, 4.69) is 10.3 Å². The van der Waals surface area contributed by atoms with Crippen molar-refractivity contribution in [3.63, 3.8) is 0 Å². The Bertz CT molecular complexity index is 384. The van der Waals surface area contributed by atoms with Gasteiger partial charge in [0.25, 0.3) is 0 Å². The van der Waals surface area contributed by atoms with E-state index in [-0.39, 0.29) is 16.9 Å². The molecule has 0 radical (unpaired) electrons. The number of nitrogens with one attached hydrogen (secondary N) is 1. The van der Waals surface area contributed by atoms with E-state index in [1.165, 1.54) is 7.11 Å². The monoisotopic (exact) mass is 268 g/mol. The first-order chi connectivity index (χ1) is 7.84. The van der Waals surface area contributed by atoms with Gasteiger partial charge in [-0.05, 0) is 13.0 Å². The lowest BCUT2D eigenvalue weighted by Crippen LogP contribution is -2.21. The third kappa shape index (κ3) is 4.05. The van der Waals surface area contributed by atoms with Gasteiger partial charge in [-0.15, -0.1) is 0 Å². The third-order valence-corrected chi connectivity index (χ3v) is 2.26. The summed E-state index contributed by atoms with van der Waals surface area (Å²) in [6.45, 7) is 2.21. The molecule has 0 fully saturated rings. The van der Waals surface area contributed by atoms with Crippen LogP contribution in [0.5, 0.6) is 0 Å². The fourth-order valence-electron chi connectivity index (χ4n) is 1.22. The molecule has 0 saturated heterocycles. The lowest BCUT2D eigenvalue weighted by molar-refractivity contribution is -0.137. The Hall–Kier alpha value is -1.01. The number of rotatable bonds is 4. The van der Waals surface area contributed by atoms with Crippen LogP contribution in [-0.4, -0.2) is 24.7 Å². The molecule has 1 N–H and O–H groups in total. The molecule has 0 bridgehead atoms. The third-order valence-electron chi connectivity index (χ3n) is 1.97. The second-order valence-corrected chi connectivity index (χ2v) is 3.96. The first kappa shape index (κ1) is 14.1. The van der Waals surface area contributed by atoms with Crippen molar-refractivity contribution in [1.82, 2.24) is 4.98 Å². The maximum absolute atomic E-state index is 12.3. The highest BCUT2D eigenvalue weighted by molar-refractivity contribution is 6.32. The first-order valence-electron chi connectivity index (χ1n) is 4.82. The lowest BCUT2D eigenvalue weighted by Gasteiger charge is -2.15.